The van der Waals surface area contributed by atoms with Gasteiger partial charge in [-0.3, -0.25) is 0 Å². The van der Waals surface area contributed by atoms with E-state index in [1.54, 1.807) is 13.4 Å². The molecule has 18 heavy (non-hydrogen) atoms. The first kappa shape index (κ1) is 13.3. The number of ether oxygens (including phenoxy) is 1. The molecule has 100 valence electrons. The predicted octanol–water partition coefficient (Wildman–Crippen LogP) is 2.08. The summed E-state index contributed by atoms with van der Waals surface area (Å²) in [4.78, 5) is 8.45. The zero-order valence-corrected chi connectivity index (χ0v) is 11.7. The molecule has 0 aromatic carbocycles. The Morgan fingerprint density at radius 2 is 2.17 bits per heavy atom. The van der Waals surface area contributed by atoms with E-state index in [-0.39, 0.29) is 0 Å². The lowest BCUT2D eigenvalue weighted by Gasteiger charge is -2.15. The molecule has 1 aliphatic heterocycles. The Bertz CT molecular complexity index is 382. The highest BCUT2D eigenvalue weighted by molar-refractivity contribution is 7.99. The highest BCUT2D eigenvalue weighted by Crippen LogP contribution is 2.30. The van der Waals surface area contributed by atoms with Crippen LogP contribution in [-0.4, -0.2) is 41.7 Å². The van der Waals surface area contributed by atoms with E-state index in [0.717, 1.165) is 30.6 Å². The molecule has 1 saturated heterocycles. The fraction of sp³-hybridized carbons (Fsp3) is 0.667. The zero-order chi connectivity index (χ0) is 12.8. The summed E-state index contributed by atoms with van der Waals surface area (Å²) in [7, 11) is 1.65. The molecule has 1 fully saturated rings. The van der Waals surface area contributed by atoms with Crippen LogP contribution in [0.15, 0.2) is 6.33 Å². The number of thioether (sulfide) groups is 1. The number of hydrogen-bond acceptors (Lipinski definition) is 6. The van der Waals surface area contributed by atoms with Crippen molar-refractivity contribution >= 4 is 23.4 Å². The molecule has 1 atom stereocenters. The highest BCUT2D eigenvalue weighted by Gasteiger charge is 2.17. The van der Waals surface area contributed by atoms with Crippen LogP contribution in [0.3, 0.4) is 0 Å². The Morgan fingerprint density at radius 1 is 1.39 bits per heavy atom. The minimum atomic E-state index is 0.699. The van der Waals surface area contributed by atoms with Crippen molar-refractivity contribution in [1.29, 1.82) is 0 Å². The first-order chi connectivity index (χ1) is 8.85. The quantitative estimate of drug-likeness (QED) is 0.824. The maximum atomic E-state index is 5.39. The topological polar surface area (TPSA) is 59.1 Å². The van der Waals surface area contributed by atoms with Crippen molar-refractivity contribution < 1.29 is 4.74 Å². The van der Waals surface area contributed by atoms with Gasteiger partial charge < -0.3 is 15.4 Å². The minimum absolute atomic E-state index is 0.699. The smallest absolute Gasteiger partial charge is 0.204 e. The molecule has 6 heteroatoms. The van der Waals surface area contributed by atoms with Gasteiger partial charge in [-0.1, -0.05) is 0 Å². The van der Waals surface area contributed by atoms with Crippen LogP contribution in [0.2, 0.25) is 0 Å². The first-order valence-corrected chi connectivity index (χ1v) is 7.45. The van der Waals surface area contributed by atoms with Crippen molar-refractivity contribution in [2.45, 2.75) is 13.3 Å². The third kappa shape index (κ3) is 3.19. The van der Waals surface area contributed by atoms with Gasteiger partial charge in [-0.2, -0.15) is 11.8 Å². The van der Waals surface area contributed by atoms with E-state index < -0.39 is 0 Å². The molecule has 2 N–H and O–H groups in total. The first-order valence-electron chi connectivity index (χ1n) is 6.29. The van der Waals surface area contributed by atoms with Crippen molar-refractivity contribution in [2.24, 2.45) is 5.92 Å². The molecule has 0 radical (unpaired) electrons. The third-order valence-corrected chi connectivity index (χ3v) is 4.17. The molecule has 1 aromatic rings. The van der Waals surface area contributed by atoms with Crippen molar-refractivity contribution in [2.75, 3.05) is 42.3 Å². The summed E-state index contributed by atoms with van der Waals surface area (Å²) in [5.74, 6) is 5.47. The average Bonchev–Trinajstić information content (AvgIpc) is 2.90. The number of nitrogens with zero attached hydrogens (tertiary/aromatic N) is 2. The second-order valence-corrected chi connectivity index (χ2v) is 5.39. The summed E-state index contributed by atoms with van der Waals surface area (Å²) in [6.07, 6.45) is 2.84. The minimum Gasteiger partial charge on any atom is -0.490 e. The maximum absolute atomic E-state index is 5.39. The molecular weight excluding hydrogens is 248 g/mol. The van der Waals surface area contributed by atoms with Crippen molar-refractivity contribution in [3.8, 4) is 5.75 Å². The molecule has 0 saturated carbocycles. The molecule has 0 aliphatic carbocycles. The number of hydrogen-bond donors (Lipinski definition) is 2. The molecular formula is C12H20N4OS. The van der Waals surface area contributed by atoms with Gasteiger partial charge in [-0.05, 0) is 30.8 Å². The van der Waals surface area contributed by atoms with Crippen molar-refractivity contribution in [3.05, 3.63) is 6.33 Å². The summed E-state index contributed by atoms with van der Waals surface area (Å²) >= 11 is 2.02. The van der Waals surface area contributed by atoms with Crippen LogP contribution in [0.4, 0.5) is 11.6 Å². The summed E-state index contributed by atoms with van der Waals surface area (Å²) in [6.45, 7) is 3.79. The van der Waals surface area contributed by atoms with Crippen LogP contribution in [0, 0.1) is 5.92 Å². The lowest BCUT2D eigenvalue weighted by atomic mass is 10.1. The monoisotopic (exact) mass is 268 g/mol. The number of rotatable bonds is 6. The standard InChI is InChI=1S/C12H20N4OS/c1-3-13-11-10(17-2)12(16-8-15-11)14-6-9-4-5-18-7-9/h8-9H,3-7H2,1-2H3,(H2,13,14,15,16). The lowest BCUT2D eigenvalue weighted by molar-refractivity contribution is 0.414. The van der Waals surface area contributed by atoms with Gasteiger partial charge in [-0.25, -0.2) is 9.97 Å². The van der Waals surface area contributed by atoms with E-state index in [9.17, 15) is 0 Å². The largest absolute Gasteiger partial charge is 0.490 e. The van der Waals surface area contributed by atoms with Crippen LogP contribution in [0.25, 0.3) is 0 Å². The van der Waals surface area contributed by atoms with E-state index >= 15 is 0 Å². The van der Waals surface area contributed by atoms with Crippen molar-refractivity contribution in [1.82, 2.24) is 9.97 Å². The molecule has 1 unspecified atom stereocenters. The SMILES string of the molecule is CCNc1ncnc(NCC2CCSC2)c1OC. The van der Waals surface area contributed by atoms with E-state index in [0.29, 0.717) is 5.75 Å². The Balaban J connectivity index is 2.03. The second kappa shape index (κ2) is 6.68. The Hall–Kier alpha value is -1.17. The van der Waals surface area contributed by atoms with Gasteiger partial charge in [0.15, 0.2) is 11.6 Å². The van der Waals surface area contributed by atoms with Gasteiger partial charge in [-0.15, -0.1) is 0 Å². The van der Waals surface area contributed by atoms with Crippen molar-refractivity contribution in [3.63, 3.8) is 0 Å². The van der Waals surface area contributed by atoms with Gasteiger partial charge in [0.2, 0.25) is 5.75 Å². The number of nitrogens with one attached hydrogen (secondary N) is 2. The molecule has 0 bridgehead atoms. The van der Waals surface area contributed by atoms with Crippen LogP contribution in [0.5, 0.6) is 5.75 Å². The number of methoxy groups -OCH3 is 1. The van der Waals surface area contributed by atoms with Gasteiger partial charge in [0.25, 0.3) is 0 Å². The maximum Gasteiger partial charge on any atom is 0.204 e. The second-order valence-electron chi connectivity index (χ2n) is 4.24. The van der Waals surface area contributed by atoms with Gasteiger partial charge in [0.05, 0.1) is 7.11 Å². The van der Waals surface area contributed by atoms with E-state index in [2.05, 4.69) is 20.6 Å². The molecule has 5 nitrogen and oxygen atoms in total. The zero-order valence-electron chi connectivity index (χ0n) is 10.9. The highest BCUT2D eigenvalue weighted by atomic mass is 32.2. The summed E-state index contributed by atoms with van der Waals surface area (Å²) < 4.78 is 5.39. The Kier molecular flexibility index (Phi) is 4.92. The molecule has 0 amide bonds. The fourth-order valence-electron chi connectivity index (χ4n) is 1.97. The summed E-state index contributed by atoms with van der Waals surface area (Å²) in [5, 5.41) is 6.55. The fourth-order valence-corrected chi connectivity index (χ4v) is 3.26. The Labute approximate surface area is 112 Å². The third-order valence-electron chi connectivity index (χ3n) is 2.93. The molecule has 0 spiro atoms. The predicted molar refractivity (Wildman–Crippen MR) is 76.7 cm³/mol. The summed E-state index contributed by atoms with van der Waals surface area (Å²) in [5.41, 5.74) is 0. The number of anilines is 2. The van der Waals surface area contributed by atoms with E-state index in [1.807, 2.05) is 18.7 Å². The molecule has 2 heterocycles. The van der Waals surface area contributed by atoms with Crippen LogP contribution in [-0.2, 0) is 0 Å². The van der Waals surface area contributed by atoms with Crippen LogP contribution >= 0.6 is 11.8 Å². The van der Waals surface area contributed by atoms with E-state index in [1.165, 1.54) is 17.9 Å². The normalized spacial score (nSPS) is 18.7. The van der Waals surface area contributed by atoms with Gasteiger partial charge in [0, 0.05) is 13.1 Å². The lowest BCUT2D eigenvalue weighted by Crippen LogP contribution is -2.15. The van der Waals surface area contributed by atoms with Gasteiger partial charge in [0.1, 0.15) is 6.33 Å². The van der Waals surface area contributed by atoms with Crippen LogP contribution < -0.4 is 15.4 Å². The molecule has 2 rings (SSSR count). The molecule has 1 aliphatic rings. The summed E-state index contributed by atoms with van der Waals surface area (Å²) in [6, 6.07) is 0. The number of aromatic nitrogens is 2. The average molecular weight is 268 g/mol. The Morgan fingerprint density at radius 3 is 2.78 bits per heavy atom. The molecule has 1 aromatic heterocycles. The van der Waals surface area contributed by atoms with Crippen LogP contribution in [0.1, 0.15) is 13.3 Å². The van der Waals surface area contributed by atoms with E-state index in [4.69, 9.17) is 4.74 Å². The van der Waals surface area contributed by atoms with Gasteiger partial charge >= 0.3 is 0 Å².